The number of aryl methyl sites for hydroxylation is 1. The number of carbonyl (C=O) groups is 1. The topological polar surface area (TPSA) is 146 Å². The molecule has 0 aliphatic carbocycles. The van der Waals surface area contributed by atoms with Gasteiger partial charge in [0, 0.05) is 44.8 Å². The van der Waals surface area contributed by atoms with Gasteiger partial charge in [-0.05, 0) is 25.0 Å². The predicted molar refractivity (Wildman–Crippen MR) is 121 cm³/mol. The van der Waals surface area contributed by atoms with Gasteiger partial charge in [0.25, 0.3) is 0 Å². The number of anilines is 3. The van der Waals surface area contributed by atoms with E-state index >= 15 is 0 Å². The van der Waals surface area contributed by atoms with Crippen molar-refractivity contribution >= 4 is 23.6 Å². The number of nitrogens with zero attached hydrogens (tertiary/aromatic N) is 8. The molecule has 0 unspecified atom stereocenters. The number of carboxylic acid groups (broad SMARTS) is 1. The zero-order valence-corrected chi connectivity index (χ0v) is 19.0. The minimum absolute atomic E-state index is 0.183. The smallest absolute Gasteiger partial charge is 0.304 e. The Hall–Kier alpha value is -3.06. The van der Waals surface area contributed by atoms with Crippen molar-refractivity contribution in [2.45, 2.75) is 45.3 Å². The number of carboxylic acids is 1. The number of tetrazole rings is 1. The molecule has 0 radical (unpaired) electrons. The lowest BCUT2D eigenvalue weighted by atomic mass is 10.0. The van der Waals surface area contributed by atoms with Gasteiger partial charge in [-0.2, -0.15) is 14.8 Å². The van der Waals surface area contributed by atoms with Crippen LogP contribution in [-0.2, 0) is 22.6 Å². The second-order valence-corrected chi connectivity index (χ2v) is 8.19. The maximum absolute atomic E-state index is 10.8. The molecule has 2 aromatic rings. The lowest BCUT2D eigenvalue weighted by Gasteiger charge is -2.32. The lowest BCUT2D eigenvalue weighted by molar-refractivity contribution is -0.137. The second kappa shape index (κ2) is 11.2. The van der Waals surface area contributed by atoms with Gasteiger partial charge in [0.05, 0.1) is 32.7 Å². The fourth-order valence-corrected chi connectivity index (χ4v) is 3.94. The van der Waals surface area contributed by atoms with Crippen LogP contribution in [0, 0.1) is 0 Å². The van der Waals surface area contributed by atoms with Crippen molar-refractivity contribution < 1.29 is 14.6 Å². The first-order valence-corrected chi connectivity index (χ1v) is 11.5. The Morgan fingerprint density at radius 1 is 1.21 bits per heavy atom. The van der Waals surface area contributed by atoms with E-state index in [0.717, 1.165) is 50.7 Å². The molecule has 13 nitrogen and oxygen atoms in total. The monoisotopic (exact) mass is 460 g/mol. The molecule has 2 saturated heterocycles. The number of aliphatic carboxylic acids is 1. The summed E-state index contributed by atoms with van der Waals surface area (Å²) < 4.78 is 5.48. The first-order valence-electron chi connectivity index (χ1n) is 11.5. The number of nitrogens with one attached hydrogen (secondary N) is 2. The van der Waals surface area contributed by atoms with E-state index in [9.17, 15) is 4.79 Å². The third kappa shape index (κ3) is 6.71. The quantitative estimate of drug-likeness (QED) is 0.447. The molecule has 2 aliphatic rings. The number of rotatable bonds is 10. The highest BCUT2D eigenvalue weighted by Gasteiger charge is 2.21. The summed E-state index contributed by atoms with van der Waals surface area (Å²) in [5.74, 6) is 1.96. The summed E-state index contributed by atoms with van der Waals surface area (Å²) in [7, 11) is 0. The highest BCUT2D eigenvalue weighted by molar-refractivity contribution is 5.66. The summed E-state index contributed by atoms with van der Waals surface area (Å²) in [4.78, 5) is 26.1. The van der Waals surface area contributed by atoms with Gasteiger partial charge in [-0.15, -0.1) is 10.2 Å². The van der Waals surface area contributed by atoms with Crippen LogP contribution in [0.25, 0.3) is 0 Å². The Morgan fingerprint density at radius 2 is 2.00 bits per heavy atom. The van der Waals surface area contributed by atoms with Gasteiger partial charge < -0.3 is 30.3 Å². The minimum Gasteiger partial charge on any atom is -0.481 e. The molecule has 0 bridgehead atoms. The van der Waals surface area contributed by atoms with Crippen molar-refractivity contribution in [2.24, 2.45) is 0 Å². The van der Waals surface area contributed by atoms with Gasteiger partial charge in [0.15, 0.2) is 5.82 Å². The normalized spacial score (nSPS) is 17.8. The van der Waals surface area contributed by atoms with Crippen LogP contribution in [-0.4, -0.2) is 98.1 Å². The highest BCUT2D eigenvalue weighted by atomic mass is 16.5. The van der Waals surface area contributed by atoms with E-state index in [1.165, 1.54) is 4.80 Å². The number of hydrogen-bond acceptors (Lipinski definition) is 11. The van der Waals surface area contributed by atoms with Crippen LogP contribution in [0.15, 0.2) is 6.07 Å². The van der Waals surface area contributed by atoms with Gasteiger partial charge in [-0.25, -0.2) is 0 Å². The van der Waals surface area contributed by atoms with Crippen LogP contribution in [0.2, 0.25) is 0 Å². The van der Waals surface area contributed by atoms with E-state index in [-0.39, 0.29) is 12.5 Å². The number of aromatic nitrogens is 6. The molecule has 4 heterocycles. The second-order valence-electron chi connectivity index (χ2n) is 8.19. The zero-order valence-electron chi connectivity index (χ0n) is 19.0. The number of hydrogen-bond donors (Lipinski definition) is 3. The molecule has 3 N–H and O–H groups in total. The Kier molecular flexibility index (Phi) is 7.83. The molecule has 4 rings (SSSR count). The van der Waals surface area contributed by atoms with Gasteiger partial charge in [-0.1, -0.05) is 0 Å². The number of piperidine rings is 1. The van der Waals surface area contributed by atoms with E-state index in [4.69, 9.17) is 14.8 Å². The van der Waals surface area contributed by atoms with E-state index < -0.39 is 5.97 Å². The van der Waals surface area contributed by atoms with Crippen LogP contribution in [0.4, 0.5) is 17.6 Å². The predicted octanol–water partition coefficient (Wildman–Crippen LogP) is 0.283. The van der Waals surface area contributed by atoms with Crippen molar-refractivity contribution in [1.29, 1.82) is 0 Å². The Labute approximate surface area is 192 Å². The Balaban J connectivity index is 1.41. The third-order valence-electron chi connectivity index (χ3n) is 5.81. The van der Waals surface area contributed by atoms with E-state index in [1.807, 2.05) is 13.0 Å². The molecule has 2 aliphatic heterocycles. The van der Waals surface area contributed by atoms with Crippen molar-refractivity contribution in [3.8, 4) is 0 Å². The first-order chi connectivity index (χ1) is 16.1. The van der Waals surface area contributed by atoms with Crippen LogP contribution < -0.4 is 15.5 Å². The maximum Gasteiger partial charge on any atom is 0.304 e. The van der Waals surface area contributed by atoms with Crippen molar-refractivity contribution in [3.63, 3.8) is 0 Å². The molecular weight excluding hydrogens is 428 g/mol. The first kappa shape index (κ1) is 23.1. The summed E-state index contributed by atoms with van der Waals surface area (Å²) in [5.41, 5.74) is 0. The number of likely N-dealkylation sites (tertiary alicyclic amines) is 1. The Bertz CT molecular complexity index is 909. The molecule has 2 aromatic heterocycles. The average molecular weight is 461 g/mol. The molecule has 2 fully saturated rings. The van der Waals surface area contributed by atoms with Crippen molar-refractivity contribution in [2.75, 3.05) is 61.5 Å². The fourth-order valence-electron chi connectivity index (χ4n) is 3.94. The van der Waals surface area contributed by atoms with Gasteiger partial charge in [0.1, 0.15) is 11.6 Å². The minimum atomic E-state index is -0.751. The van der Waals surface area contributed by atoms with E-state index in [1.54, 1.807) is 0 Å². The standard InChI is InChI=1S/C20H32N10O3/c1-2-30-26-17(25-27-30)14-21-20-23-16(13-18(24-20)29-9-11-33-12-10-29)22-15-3-6-28(7-4-15)8-5-19(31)32/h13,15H,2-12,14H2,1H3,(H,31,32)(H2,21,22,23,24). The Morgan fingerprint density at radius 3 is 2.70 bits per heavy atom. The van der Waals surface area contributed by atoms with Gasteiger partial charge >= 0.3 is 5.97 Å². The van der Waals surface area contributed by atoms with Crippen LogP contribution in [0.5, 0.6) is 0 Å². The van der Waals surface area contributed by atoms with Gasteiger partial charge in [-0.3, -0.25) is 4.79 Å². The molecule has 13 heteroatoms. The molecule has 180 valence electrons. The van der Waals surface area contributed by atoms with Crippen molar-refractivity contribution in [1.82, 2.24) is 35.1 Å². The zero-order chi connectivity index (χ0) is 23.0. The SMILES string of the molecule is CCn1nnc(CNc2nc(NC3CCN(CCC(=O)O)CC3)cc(N3CCOCC3)n2)n1. The molecule has 0 amide bonds. The van der Waals surface area contributed by atoms with E-state index in [2.05, 4.69) is 40.8 Å². The molecule has 33 heavy (non-hydrogen) atoms. The maximum atomic E-state index is 10.8. The average Bonchev–Trinajstić information content (AvgIpc) is 3.31. The lowest BCUT2D eigenvalue weighted by Crippen LogP contribution is -2.40. The summed E-state index contributed by atoms with van der Waals surface area (Å²) in [6.07, 6.45) is 2.05. The molecule has 0 saturated carbocycles. The fraction of sp³-hybridized carbons (Fsp3) is 0.700. The van der Waals surface area contributed by atoms with E-state index in [0.29, 0.717) is 44.6 Å². The largest absolute Gasteiger partial charge is 0.481 e. The van der Waals surface area contributed by atoms with Crippen LogP contribution in [0.1, 0.15) is 32.0 Å². The summed E-state index contributed by atoms with van der Waals surface area (Å²) in [6.45, 7) is 8.26. The summed E-state index contributed by atoms with van der Waals surface area (Å²) in [5, 5.41) is 28.0. The van der Waals surface area contributed by atoms with Crippen LogP contribution >= 0.6 is 0 Å². The molecule has 0 spiro atoms. The summed E-state index contributed by atoms with van der Waals surface area (Å²) in [6, 6.07) is 2.26. The molecular formula is C20H32N10O3. The number of morpholine rings is 1. The van der Waals surface area contributed by atoms with Crippen LogP contribution in [0.3, 0.4) is 0 Å². The molecule has 0 atom stereocenters. The van der Waals surface area contributed by atoms with Gasteiger partial charge in [0.2, 0.25) is 5.95 Å². The summed E-state index contributed by atoms with van der Waals surface area (Å²) >= 11 is 0. The highest BCUT2D eigenvalue weighted by Crippen LogP contribution is 2.22. The molecule has 0 aromatic carbocycles. The van der Waals surface area contributed by atoms with Crippen molar-refractivity contribution in [3.05, 3.63) is 11.9 Å². The number of ether oxygens (including phenoxy) is 1. The third-order valence-corrected chi connectivity index (χ3v) is 5.81.